The molecular weight excluding hydrogens is 310 g/mol. The van der Waals surface area contributed by atoms with Crippen molar-refractivity contribution in [3.05, 3.63) is 89.4 Å². The van der Waals surface area contributed by atoms with Crippen LogP contribution in [0.25, 0.3) is 0 Å². The summed E-state index contributed by atoms with van der Waals surface area (Å²) in [5.74, 6) is 2.06. The average Bonchev–Trinajstić information content (AvgIpc) is 3.15. The van der Waals surface area contributed by atoms with Crippen LogP contribution in [0, 0.1) is 0 Å². The molecule has 0 radical (unpaired) electrons. The molecule has 0 spiro atoms. The largest absolute Gasteiger partial charge is 0.489 e. The van der Waals surface area contributed by atoms with Gasteiger partial charge in [-0.1, -0.05) is 42.5 Å². The lowest BCUT2D eigenvalue weighted by Crippen LogP contribution is -2.24. The van der Waals surface area contributed by atoms with Gasteiger partial charge in [-0.15, -0.1) is 0 Å². The van der Waals surface area contributed by atoms with Crippen molar-refractivity contribution in [1.82, 2.24) is 5.32 Å². The van der Waals surface area contributed by atoms with Gasteiger partial charge in [0.25, 0.3) is 0 Å². The lowest BCUT2D eigenvalue weighted by atomic mass is 9.93. The first-order valence-corrected chi connectivity index (χ1v) is 8.94. The predicted octanol–water partition coefficient (Wildman–Crippen LogP) is 5.03. The number of furan rings is 1. The highest BCUT2D eigenvalue weighted by atomic mass is 16.5. The van der Waals surface area contributed by atoms with E-state index in [1.165, 1.54) is 23.1 Å². The highest BCUT2D eigenvalue weighted by molar-refractivity contribution is 5.30. The number of hydrogen-bond donors (Lipinski definition) is 1. The maximum atomic E-state index is 5.93. The van der Waals surface area contributed by atoms with E-state index < -0.39 is 0 Å². The number of aryl methyl sites for hydroxylation is 1. The van der Waals surface area contributed by atoms with E-state index in [-0.39, 0.29) is 0 Å². The van der Waals surface area contributed by atoms with Gasteiger partial charge in [-0.3, -0.25) is 0 Å². The monoisotopic (exact) mass is 333 g/mol. The van der Waals surface area contributed by atoms with Crippen LogP contribution in [-0.4, -0.2) is 0 Å². The number of ether oxygens (including phenoxy) is 1. The molecule has 2 aromatic carbocycles. The fourth-order valence-corrected chi connectivity index (χ4v) is 3.43. The zero-order valence-electron chi connectivity index (χ0n) is 14.3. The molecule has 0 saturated heterocycles. The first-order valence-electron chi connectivity index (χ1n) is 8.94. The molecule has 1 heterocycles. The summed E-state index contributed by atoms with van der Waals surface area (Å²) in [6, 6.07) is 21.1. The van der Waals surface area contributed by atoms with Crippen molar-refractivity contribution < 1.29 is 9.15 Å². The minimum absolute atomic E-state index is 0.386. The summed E-state index contributed by atoms with van der Waals surface area (Å²) in [4.78, 5) is 0. The van der Waals surface area contributed by atoms with Crippen molar-refractivity contribution in [2.24, 2.45) is 0 Å². The molecule has 1 N–H and O–H groups in total. The smallest absolute Gasteiger partial charge is 0.120 e. The van der Waals surface area contributed by atoms with Crippen LogP contribution in [0.1, 0.15) is 41.3 Å². The number of hydrogen-bond acceptors (Lipinski definition) is 3. The van der Waals surface area contributed by atoms with Crippen molar-refractivity contribution in [3.63, 3.8) is 0 Å². The molecule has 4 rings (SSSR count). The Bertz CT molecular complexity index is 810. The normalized spacial score (nSPS) is 16.4. The molecule has 3 nitrogen and oxygen atoms in total. The summed E-state index contributed by atoms with van der Waals surface area (Å²) in [5.41, 5.74) is 3.74. The highest BCUT2D eigenvalue weighted by Gasteiger charge is 2.21. The fraction of sp³-hybridized carbons (Fsp3) is 0.273. The highest BCUT2D eigenvalue weighted by Crippen LogP contribution is 2.30. The van der Waals surface area contributed by atoms with E-state index in [1.807, 2.05) is 30.5 Å². The first kappa shape index (κ1) is 16.0. The third kappa shape index (κ3) is 3.94. The number of rotatable bonds is 6. The van der Waals surface area contributed by atoms with Gasteiger partial charge in [-0.25, -0.2) is 0 Å². The quantitative estimate of drug-likeness (QED) is 0.687. The van der Waals surface area contributed by atoms with E-state index in [9.17, 15) is 0 Å². The van der Waals surface area contributed by atoms with Gasteiger partial charge in [0, 0.05) is 24.6 Å². The van der Waals surface area contributed by atoms with Crippen LogP contribution in [-0.2, 0) is 19.6 Å². The van der Waals surface area contributed by atoms with Gasteiger partial charge < -0.3 is 14.5 Å². The standard InChI is InChI=1S/C22H23NO2/c1-2-6-17(7-3-1)16-25-19-9-4-8-18(14-19)15-23-21-10-5-11-22-20(21)12-13-24-22/h1-4,6-9,12-14,21,23H,5,10-11,15-16H2. The summed E-state index contributed by atoms with van der Waals surface area (Å²) < 4.78 is 11.5. The van der Waals surface area contributed by atoms with Crippen LogP contribution in [0.3, 0.4) is 0 Å². The van der Waals surface area contributed by atoms with Gasteiger partial charge in [0.05, 0.1) is 6.26 Å². The molecule has 1 aliphatic carbocycles. The molecule has 25 heavy (non-hydrogen) atoms. The van der Waals surface area contributed by atoms with Crippen LogP contribution in [0.2, 0.25) is 0 Å². The summed E-state index contributed by atoms with van der Waals surface area (Å²) in [6.45, 7) is 1.43. The van der Waals surface area contributed by atoms with Crippen LogP contribution >= 0.6 is 0 Å². The van der Waals surface area contributed by atoms with Gasteiger partial charge in [0.2, 0.25) is 0 Å². The molecule has 128 valence electrons. The van der Waals surface area contributed by atoms with Crippen molar-refractivity contribution in [3.8, 4) is 5.75 Å². The third-order valence-electron chi connectivity index (χ3n) is 4.75. The molecular formula is C22H23NO2. The Hall–Kier alpha value is -2.52. The Morgan fingerprint density at radius 2 is 1.88 bits per heavy atom. The Morgan fingerprint density at radius 3 is 2.80 bits per heavy atom. The van der Waals surface area contributed by atoms with Crippen LogP contribution < -0.4 is 10.1 Å². The van der Waals surface area contributed by atoms with E-state index >= 15 is 0 Å². The maximum Gasteiger partial charge on any atom is 0.120 e. The maximum absolute atomic E-state index is 5.93. The number of fused-ring (bicyclic) bond motifs is 1. The minimum Gasteiger partial charge on any atom is -0.489 e. The zero-order valence-corrected chi connectivity index (χ0v) is 14.3. The van der Waals surface area contributed by atoms with Crippen molar-refractivity contribution in [2.45, 2.75) is 38.5 Å². The van der Waals surface area contributed by atoms with Crippen LogP contribution in [0.5, 0.6) is 5.75 Å². The van der Waals surface area contributed by atoms with E-state index in [0.29, 0.717) is 12.6 Å². The van der Waals surface area contributed by atoms with E-state index in [1.54, 1.807) is 0 Å². The van der Waals surface area contributed by atoms with E-state index in [2.05, 4.69) is 41.7 Å². The molecule has 3 heteroatoms. The Balaban J connectivity index is 1.36. The summed E-state index contributed by atoms with van der Waals surface area (Å²) in [7, 11) is 0. The molecule has 1 unspecified atom stereocenters. The summed E-state index contributed by atoms with van der Waals surface area (Å²) in [6.07, 6.45) is 5.21. The summed E-state index contributed by atoms with van der Waals surface area (Å²) in [5, 5.41) is 3.67. The molecule has 1 aliphatic rings. The van der Waals surface area contributed by atoms with E-state index in [0.717, 1.165) is 30.9 Å². The molecule has 3 aromatic rings. The minimum atomic E-state index is 0.386. The fourth-order valence-electron chi connectivity index (χ4n) is 3.43. The second-order valence-corrected chi connectivity index (χ2v) is 6.55. The van der Waals surface area contributed by atoms with Gasteiger partial charge in [0.1, 0.15) is 18.1 Å². The van der Waals surface area contributed by atoms with Gasteiger partial charge in [-0.05, 0) is 42.2 Å². The van der Waals surface area contributed by atoms with Crippen LogP contribution in [0.15, 0.2) is 71.3 Å². The predicted molar refractivity (Wildman–Crippen MR) is 98.4 cm³/mol. The number of benzene rings is 2. The second kappa shape index (κ2) is 7.58. The zero-order chi connectivity index (χ0) is 16.9. The topological polar surface area (TPSA) is 34.4 Å². The third-order valence-corrected chi connectivity index (χ3v) is 4.75. The molecule has 0 fully saturated rings. The Morgan fingerprint density at radius 1 is 1.00 bits per heavy atom. The molecule has 0 amide bonds. The first-order chi connectivity index (χ1) is 12.4. The molecule has 1 atom stereocenters. The molecule has 1 aromatic heterocycles. The molecule has 0 saturated carbocycles. The molecule has 0 aliphatic heterocycles. The SMILES string of the molecule is c1ccc(COc2cccc(CNC3CCCc4occc43)c2)cc1. The van der Waals surface area contributed by atoms with Crippen molar-refractivity contribution >= 4 is 0 Å². The van der Waals surface area contributed by atoms with Gasteiger partial charge >= 0.3 is 0 Å². The Kier molecular flexibility index (Phi) is 4.84. The van der Waals surface area contributed by atoms with Crippen LogP contribution in [0.4, 0.5) is 0 Å². The molecule has 0 bridgehead atoms. The lowest BCUT2D eigenvalue weighted by Gasteiger charge is -2.23. The van der Waals surface area contributed by atoms with Crippen molar-refractivity contribution in [1.29, 1.82) is 0 Å². The Labute approximate surface area is 148 Å². The number of nitrogens with one attached hydrogen (secondary N) is 1. The van der Waals surface area contributed by atoms with Crippen molar-refractivity contribution in [2.75, 3.05) is 0 Å². The lowest BCUT2D eigenvalue weighted by molar-refractivity contribution is 0.305. The van der Waals surface area contributed by atoms with E-state index in [4.69, 9.17) is 9.15 Å². The average molecular weight is 333 g/mol. The summed E-state index contributed by atoms with van der Waals surface area (Å²) >= 11 is 0. The van der Waals surface area contributed by atoms with Gasteiger partial charge in [-0.2, -0.15) is 0 Å². The van der Waals surface area contributed by atoms with Gasteiger partial charge in [0.15, 0.2) is 0 Å². The second-order valence-electron chi connectivity index (χ2n) is 6.55.